The van der Waals surface area contributed by atoms with E-state index < -0.39 is 11.8 Å². The zero-order valence-corrected chi connectivity index (χ0v) is 7.66. The van der Waals surface area contributed by atoms with Crippen LogP contribution < -0.4 is 0 Å². The molecule has 13 heavy (non-hydrogen) atoms. The number of carbonyl (C=O) groups is 1. The quantitative estimate of drug-likeness (QED) is 0.662. The Morgan fingerprint density at radius 2 is 2.38 bits per heavy atom. The average molecular weight is 187 g/mol. The Labute approximate surface area is 76.8 Å². The van der Waals surface area contributed by atoms with Crippen LogP contribution in [0.5, 0.6) is 0 Å². The number of hydrogen-bond donors (Lipinski definition) is 1. The molecule has 1 aliphatic rings. The Bertz CT molecular complexity index is 228. The lowest BCUT2D eigenvalue weighted by Crippen LogP contribution is -2.31. The van der Waals surface area contributed by atoms with Gasteiger partial charge in [-0.15, -0.1) is 0 Å². The van der Waals surface area contributed by atoms with Gasteiger partial charge in [0.05, 0.1) is 0 Å². The van der Waals surface area contributed by atoms with Crippen molar-refractivity contribution in [2.24, 2.45) is 5.92 Å². The SMILES string of the molecule is CN1CCCC(/C=C(\F)C(=O)O)C1. The maximum atomic E-state index is 12.7. The third-order valence-corrected chi connectivity index (χ3v) is 2.25. The molecule has 0 amide bonds. The van der Waals surface area contributed by atoms with Crippen LogP contribution in [0.25, 0.3) is 0 Å². The lowest BCUT2D eigenvalue weighted by molar-refractivity contribution is -0.134. The van der Waals surface area contributed by atoms with Gasteiger partial charge in [0.15, 0.2) is 0 Å². The Kier molecular flexibility index (Phi) is 3.42. The summed E-state index contributed by atoms with van der Waals surface area (Å²) in [5.74, 6) is -2.44. The smallest absolute Gasteiger partial charge is 0.364 e. The molecular formula is C9H14FNO2. The van der Waals surface area contributed by atoms with Crippen molar-refractivity contribution in [2.75, 3.05) is 20.1 Å². The molecule has 1 heterocycles. The van der Waals surface area contributed by atoms with Gasteiger partial charge in [-0.05, 0) is 38.4 Å². The molecule has 1 N–H and O–H groups in total. The Morgan fingerprint density at radius 3 is 2.92 bits per heavy atom. The van der Waals surface area contributed by atoms with Crippen LogP contribution in [0.1, 0.15) is 12.8 Å². The third-order valence-electron chi connectivity index (χ3n) is 2.25. The summed E-state index contributed by atoms with van der Waals surface area (Å²) in [4.78, 5) is 12.3. The van der Waals surface area contributed by atoms with Crippen LogP contribution >= 0.6 is 0 Å². The molecule has 3 nitrogen and oxygen atoms in total. The highest BCUT2D eigenvalue weighted by molar-refractivity contribution is 5.83. The molecule has 0 aromatic rings. The molecule has 1 aliphatic heterocycles. The Hall–Kier alpha value is -0.900. The van der Waals surface area contributed by atoms with E-state index in [0.29, 0.717) is 0 Å². The van der Waals surface area contributed by atoms with E-state index in [1.807, 2.05) is 7.05 Å². The van der Waals surface area contributed by atoms with Crippen molar-refractivity contribution in [2.45, 2.75) is 12.8 Å². The fourth-order valence-corrected chi connectivity index (χ4v) is 1.62. The molecule has 0 spiro atoms. The summed E-state index contributed by atoms with van der Waals surface area (Å²) in [5.41, 5.74) is 0. The van der Waals surface area contributed by atoms with Crippen molar-refractivity contribution >= 4 is 5.97 Å². The lowest BCUT2D eigenvalue weighted by Gasteiger charge is -2.27. The number of likely N-dealkylation sites (tertiary alicyclic amines) is 1. The van der Waals surface area contributed by atoms with E-state index in [0.717, 1.165) is 25.9 Å². The largest absolute Gasteiger partial charge is 0.476 e. The van der Waals surface area contributed by atoms with Crippen molar-refractivity contribution in [3.05, 3.63) is 11.9 Å². The van der Waals surface area contributed by atoms with Gasteiger partial charge in [-0.2, -0.15) is 4.39 Å². The molecule has 0 bridgehead atoms. The molecule has 0 aliphatic carbocycles. The van der Waals surface area contributed by atoms with Crippen LogP contribution in [0.2, 0.25) is 0 Å². The van der Waals surface area contributed by atoms with E-state index >= 15 is 0 Å². The molecule has 1 saturated heterocycles. The highest BCUT2D eigenvalue weighted by atomic mass is 19.1. The minimum atomic E-state index is -1.46. The summed E-state index contributed by atoms with van der Waals surface area (Å²) in [6.45, 7) is 1.76. The van der Waals surface area contributed by atoms with Crippen molar-refractivity contribution in [3.8, 4) is 0 Å². The van der Waals surface area contributed by atoms with E-state index in [1.54, 1.807) is 0 Å². The van der Waals surface area contributed by atoms with Gasteiger partial charge >= 0.3 is 5.97 Å². The first kappa shape index (κ1) is 10.2. The molecule has 74 valence electrons. The van der Waals surface area contributed by atoms with E-state index in [9.17, 15) is 9.18 Å². The van der Waals surface area contributed by atoms with Crippen LogP contribution in [-0.2, 0) is 4.79 Å². The summed E-state index contributed by atoms with van der Waals surface area (Å²) < 4.78 is 12.7. The molecular weight excluding hydrogens is 173 g/mol. The molecule has 1 unspecified atom stereocenters. The number of halogens is 1. The minimum absolute atomic E-state index is 0.0508. The van der Waals surface area contributed by atoms with Crippen molar-refractivity contribution < 1.29 is 14.3 Å². The highest BCUT2D eigenvalue weighted by Crippen LogP contribution is 2.18. The zero-order chi connectivity index (χ0) is 9.84. The summed E-state index contributed by atoms with van der Waals surface area (Å²) in [5, 5.41) is 8.32. The van der Waals surface area contributed by atoms with Gasteiger partial charge in [-0.3, -0.25) is 0 Å². The number of carboxylic acids is 1. The molecule has 0 saturated carbocycles. The number of aliphatic carboxylic acids is 1. The van der Waals surface area contributed by atoms with E-state index in [2.05, 4.69) is 4.90 Å². The molecule has 0 aromatic heterocycles. The Morgan fingerprint density at radius 1 is 1.69 bits per heavy atom. The van der Waals surface area contributed by atoms with Crippen molar-refractivity contribution in [1.29, 1.82) is 0 Å². The maximum absolute atomic E-state index is 12.7. The molecule has 1 fully saturated rings. The van der Waals surface area contributed by atoms with Gasteiger partial charge in [-0.25, -0.2) is 4.79 Å². The van der Waals surface area contributed by atoms with Crippen molar-refractivity contribution in [1.82, 2.24) is 4.90 Å². The minimum Gasteiger partial charge on any atom is -0.476 e. The van der Waals surface area contributed by atoms with Crippen LogP contribution in [0.3, 0.4) is 0 Å². The van der Waals surface area contributed by atoms with Gasteiger partial charge in [0.25, 0.3) is 0 Å². The van der Waals surface area contributed by atoms with Crippen LogP contribution in [-0.4, -0.2) is 36.1 Å². The Balaban J connectivity index is 2.52. The second-order valence-corrected chi connectivity index (χ2v) is 3.48. The summed E-state index contributed by atoms with van der Waals surface area (Å²) in [6.07, 6.45) is 3.10. The molecule has 4 heteroatoms. The van der Waals surface area contributed by atoms with Gasteiger partial charge in [0.1, 0.15) is 0 Å². The van der Waals surface area contributed by atoms with E-state index in [4.69, 9.17) is 5.11 Å². The third kappa shape index (κ3) is 3.14. The number of hydrogen-bond acceptors (Lipinski definition) is 2. The fraction of sp³-hybridized carbons (Fsp3) is 0.667. The first-order valence-electron chi connectivity index (χ1n) is 4.38. The average Bonchev–Trinajstić information content (AvgIpc) is 2.04. The monoisotopic (exact) mass is 187 g/mol. The first-order chi connectivity index (χ1) is 6.09. The summed E-state index contributed by atoms with van der Waals surface area (Å²) in [7, 11) is 1.96. The number of carboxylic acid groups (broad SMARTS) is 1. The predicted molar refractivity (Wildman–Crippen MR) is 47.0 cm³/mol. The van der Waals surface area contributed by atoms with Crippen LogP contribution in [0.4, 0.5) is 4.39 Å². The number of piperidine rings is 1. The van der Waals surface area contributed by atoms with Gasteiger partial charge < -0.3 is 10.0 Å². The van der Waals surface area contributed by atoms with E-state index in [-0.39, 0.29) is 5.92 Å². The topological polar surface area (TPSA) is 40.5 Å². The van der Waals surface area contributed by atoms with Crippen LogP contribution in [0, 0.1) is 5.92 Å². The second-order valence-electron chi connectivity index (χ2n) is 3.48. The standard InChI is InChI=1S/C9H14FNO2/c1-11-4-2-3-7(6-11)5-8(10)9(12)13/h5,7H,2-4,6H2,1H3,(H,12,13)/b8-5-. The number of nitrogens with zero attached hydrogens (tertiary/aromatic N) is 1. The first-order valence-corrected chi connectivity index (χ1v) is 4.38. The van der Waals surface area contributed by atoms with Gasteiger partial charge in [0, 0.05) is 6.54 Å². The second kappa shape index (κ2) is 4.37. The van der Waals surface area contributed by atoms with Gasteiger partial charge in [-0.1, -0.05) is 0 Å². The fourth-order valence-electron chi connectivity index (χ4n) is 1.62. The molecule has 0 radical (unpaired) electrons. The highest BCUT2D eigenvalue weighted by Gasteiger charge is 2.17. The van der Waals surface area contributed by atoms with E-state index in [1.165, 1.54) is 6.08 Å². The summed E-state index contributed by atoms with van der Waals surface area (Å²) in [6, 6.07) is 0. The summed E-state index contributed by atoms with van der Waals surface area (Å²) >= 11 is 0. The molecule has 1 rings (SSSR count). The normalized spacial score (nSPS) is 26.0. The maximum Gasteiger partial charge on any atom is 0.364 e. The molecule has 0 aromatic carbocycles. The van der Waals surface area contributed by atoms with Crippen LogP contribution in [0.15, 0.2) is 11.9 Å². The zero-order valence-electron chi connectivity index (χ0n) is 7.66. The number of rotatable bonds is 2. The van der Waals surface area contributed by atoms with Crippen molar-refractivity contribution in [3.63, 3.8) is 0 Å². The molecule has 1 atom stereocenters. The van der Waals surface area contributed by atoms with Gasteiger partial charge in [0.2, 0.25) is 5.83 Å². The predicted octanol–water partition coefficient (Wildman–Crippen LogP) is 1.27. The lowest BCUT2D eigenvalue weighted by atomic mass is 9.98.